The van der Waals surface area contributed by atoms with Crippen LogP contribution in [-0.2, 0) is 0 Å². The second-order valence-corrected chi connectivity index (χ2v) is 3.60. The van der Waals surface area contributed by atoms with Crippen molar-refractivity contribution in [3.63, 3.8) is 0 Å². The molecule has 0 saturated heterocycles. The number of pyridine rings is 2. The third-order valence-corrected chi connectivity index (χ3v) is 2.18. The molecule has 16 heavy (non-hydrogen) atoms. The van der Waals surface area contributed by atoms with Crippen molar-refractivity contribution in [2.45, 2.75) is 0 Å². The Balaban J connectivity index is 2.14. The van der Waals surface area contributed by atoms with Crippen molar-refractivity contribution >= 4 is 28.6 Å². The number of rotatable bonds is 3. The lowest BCUT2D eigenvalue weighted by Gasteiger charge is -2.05. The van der Waals surface area contributed by atoms with Gasteiger partial charge in [-0.25, -0.2) is 0 Å². The molecular weight excluding hydrogens is 220 g/mol. The Hall–Kier alpha value is -2.01. The molecule has 0 atom stereocenters. The van der Waals surface area contributed by atoms with E-state index in [0.29, 0.717) is 10.7 Å². The standard InChI is InChI=1S/C11H10N4S/c12-11(16)10-4-3-9(7-14-10)15-8-2-1-5-13-6-8/h1-7,15H,(H2,12,16). The van der Waals surface area contributed by atoms with Crippen LogP contribution in [-0.4, -0.2) is 15.0 Å². The van der Waals surface area contributed by atoms with E-state index in [2.05, 4.69) is 15.3 Å². The van der Waals surface area contributed by atoms with Crippen LogP contribution in [0.3, 0.4) is 0 Å². The molecule has 0 aliphatic heterocycles. The predicted octanol–water partition coefficient (Wildman–Crippen LogP) is 1.85. The highest BCUT2D eigenvalue weighted by molar-refractivity contribution is 7.80. The molecule has 2 heterocycles. The fourth-order valence-electron chi connectivity index (χ4n) is 1.22. The van der Waals surface area contributed by atoms with Gasteiger partial charge in [-0.3, -0.25) is 9.97 Å². The van der Waals surface area contributed by atoms with Gasteiger partial charge in [0.05, 0.1) is 29.5 Å². The summed E-state index contributed by atoms with van der Waals surface area (Å²) in [6, 6.07) is 7.43. The van der Waals surface area contributed by atoms with Crippen LogP contribution in [0, 0.1) is 0 Å². The van der Waals surface area contributed by atoms with Crippen LogP contribution in [0.4, 0.5) is 11.4 Å². The van der Waals surface area contributed by atoms with Crippen molar-refractivity contribution in [3.05, 3.63) is 48.5 Å². The third-order valence-electron chi connectivity index (χ3n) is 1.97. The van der Waals surface area contributed by atoms with E-state index in [0.717, 1.165) is 11.4 Å². The largest absolute Gasteiger partial charge is 0.388 e. The number of hydrogen-bond acceptors (Lipinski definition) is 4. The molecule has 0 saturated carbocycles. The molecule has 0 spiro atoms. The van der Waals surface area contributed by atoms with Crippen LogP contribution in [0.15, 0.2) is 42.9 Å². The molecule has 2 aromatic rings. The minimum atomic E-state index is 0.299. The lowest BCUT2D eigenvalue weighted by molar-refractivity contribution is 1.28. The number of hydrogen-bond donors (Lipinski definition) is 2. The average molecular weight is 230 g/mol. The molecular formula is C11H10N4S. The second kappa shape index (κ2) is 4.67. The molecule has 0 aliphatic carbocycles. The van der Waals surface area contributed by atoms with E-state index >= 15 is 0 Å². The van der Waals surface area contributed by atoms with Gasteiger partial charge in [0, 0.05) is 6.20 Å². The molecule has 0 aliphatic rings. The smallest absolute Gasteiger partial charge is 0.122 e. The van der Waals surface area contributed by atoms with Crippen LogP contribution in [0.1, 0.15) is 5.69 Å². The molecule has 5 heteroatoms. The van der Waals surface area contributed by atoms with Gasteiger partial charge in [-0.2, -0.15) is 0 Å². The molecule has 80 valence electrons. The highest BCUT2D eigenvalue weighted by atomic mass is 32.1. The number of aromatic nitrogens is 2. The van der Waals surface area contributed by atoms with Crippen LogP contribution in [0.25, 0.3) is 0 Å². The quantitative estimate of drug-likeness (QED) is 0.788. The number of nitrogens with two attached hydrogens (primary N) is 1. The molecule has 0 radical (unpaired) electrons. The van der Waals surface area contributed by atoms with E-state index in [-0.39, 0.29) is 0 Å². The summed E-state index contributed by atoms with van der Waals surface area (Å²) in [5.41, 5.74) is 7.85. The Labute approximate surface area is 98.5 Å². The molecule has 3 N–H and O–H groups in total. The lowest BCUT2D eigenvalue weighted by atomic mass is 10.3. The fraction of sp³-hybridized carbons (Fsp3) is 0. The maximum absolute atomic E-state index is 5.45. The van der Waals surface area contributed by atoms with Gasteiger partial charge in [-0.05, 0) is 24.3 Å². The summed E-state index contributed by atoms with van der Waals surface area (Å²) in [6.07, 6.45) is 5.14. The van der Waals surface area contributed by atoms with Gasteiger partial charge >= 0.3 is 0 Å². The maximum atomic E-state index is 5.45. The van der Waals surface area contributed by atoms with Crippen molar-refractivity contribution in [1.29, 1.82) is 0 Å². The molecule has 0 aromatic carbocycles. The molecule has 0 fully saturated rings. The maximum Gasteiger partial charge on any atom is 0.122 e. The molecule has 0 amide bonds. The van der Waals surface area contributed by atoms with Crippen molar-refractivity contribution in [2.75, 3.05) is 5.32 Å². The van der Waals surface area contributed by atoms with Crippen molar-refractivity contribution in [3.8, 4) is 0 Å². The van der Waals surface area contributed by atoms with Crippen LogP contribution >= 0.6 is 12.2 Å². The topological polar surface area (TPSA) is 63.8 Å². The Morgan fingerprint density at radius 1 is 1.19 bits per heavy atom. The summed E-state index contributed by atoms with van der Waals surface area (Å²) in [6.45, 7) is 0. The molecule has 2 rings (SSSR count). The van der Waals surface area contributed by atoms with E-state index in [9.17, 15) is 0 Å². The summed E-state index contributed by atoms with van der Waals surface area (Å²) >= 11 is 4.82. The van der Waals surface area contributed by atoms with Crippen molar-refractivity contribution in [1.82, 2.24) is 9.97 Å². The highest BCUT2D eigenvalue weighted by Gasteiger charge is 1.98. The normalized spacial score (nSPS) is 9.75. The molecule has 0 unspecified atom stereocenters. The zero-order valence-electron chi connectivity index (χ0n) is 8.42. The molecule has 4 nitrogen and oxygen atoms in total. The van der Waals surface area contributed by atoms with E-state index < -0.39 is 0 Å². The Kier molecular flexibility index (Phi) is 3.07. The lowest BCUT2D eigenvalue weighted by Crippen LogP contribution is -2.11. The zero-order chi connectivity index (χ0) is 11.4. The van der Waals surface area contributed by atoms with Gasteiger partial charge < -0.3 is 11.1 Å². The summed E-state index contributed by atoms with van der Waals surface area (Å²) in [5.74, 6) is 0. The number of nitrogens with one attached hydrogen (secondary N) is 1. The van der Waals surface area contributed by atoms with Crippen LogP contribution in [0.5, 0.6) is 0 Å². The first kappa shape index (κ1) is 10.5. The first-order chi connectivity index (χ1) is 7.75. The van der Waals surface area contributed by atoms with Gasteiger partial charge in [-0.15, -0.1) is 0 Å². The van der Waals surface area contributed by atoms with Crippen molar-refractivity contribution in [2.24, 2.45) is 5.73 Å². The SMILES string of the molecule is NC(=S)c1ccc(Nc2cccnc2)cn1. The monoisotopic (exact) mass is 230 g/mol. The number of anilines is 2. The predicted molar refractivity (Wildman–Crippen MR) is 67.6 cm³/mol. The first-order valence-corrected chi connectivity index (χ1v) is 5.09. The first-order valence-electron chi connectivity index (χ1n) is 4.68. The van der Waals surface area contributed by atoms with E-state index in [1.807, 2.05) is 18.2 Å². The zero-order valence-corrected chi connectivity index (χ0v) is 9.24. The number of nitrogens with zero attached hydrogens (tertiary/aromatic N) is 2. The molecule has 2 aromatic heterocycles. The van der Waals surface area contributed by atoms with Crippen LogP contribution < -0.4 is 11.1 Å². The minimum Gasteiger partial charge on any atom is -0.388 e. The fourth-order valence-corrected chi connectivity index (χ4v) is 1.34. The van der Waals surface area contributed by atoms with Crippen LogP contribution in [0.2, 0.25) is 0 Å². The summed E-state index contributed by atoms with van der Waals surface area (Å²) in [5, 5.41) is 3.16. The summed E-state index contributed by atoms with van der Waals surface area (Å²) in [7, 11) is 0. The van der Waals surface area contributed by atoms with E-state index in [1.165, 1.54) is 0 Å². The number of thiocarbonyl (C=S) groups is 1. The average Bonchev–Trinajstić information content (AvgIpc) is 2.31. The Morgan fingerprint density at radius 2 is 2.00 bits per heavy atom. The highest BCUT2D eigenvalue weighted by Crippen LogP contribution is 2.13. The van der Waals surface area contributed by atoms with Crippen molar-refractivity contribution < 1.29 is 0 Å². The second-order valence-electron chi connectivity index (χ2n) is 3.16. The summed E-state index contributed by atoms with van der Waals surface area (Å²) < 4.78 is 0. The summed E-state index contributed by atoms with van der Waals surface area (Å²) in [4.78, 5) is 8.43. The van der Waals surface area contributed by atoms with Gasteiger partial charge in [0.2, 0.25) is 0 Å². The third kappa shape index (κ3) is 2.52. The molecule has 0 bridgehead atoms. The van der Waals surface area contributed by atoms with Gasteiger partial charge in [0.15, 0.2) is 0 Å². The Morgan fingerprint density at radius 3 is 2.56 bits per heavy atom. The Bertz CT molecular complexity index is 481. The van der Waals surface area contributed by atoms with Gasteiger partial charge in [0.1, 0.15) is 4.99 Å². The van der Waals surface area contributed by atoms with Gasteiger partial charge in [0.25, 0.3) is 0 Å². The van der Waals surface area contributed by atoms with E-state index in [1.54, 1.807) is 24.7 Å². The minimum absolute atomic E-state index is 0.299. The van der Waals surface area contributed by atoms with E-state index in [4.69, 9.17) is 18.0 Å². The van der Waals surface area contributed by atoms with Gasteiger partial charge in [-0.1, -0.05) is 12.2 Å².